The van der Waals surface area contributed by atoms with E-state index in [1.54, 1.807) is 6.08 Å². The molecule has 0 saturated carbocycles. The largest absolute Gasteiger partial charge is 0.459 e. The molecule has 2 bridgehead atoms. The summed E-state index contributed by atoms with van der Waals surface area (Å²) in [6, 6.07) is 0.764. The second-order valence-electron chi connectivity index (χ2n) is 12.2. The Morgan fingerprint density at radius 1 is 1.24 bits per heavy atom. The van der Waals surface area contributed by atoms with Gasteiger partial charge in [0.25, 0.3) is 0 Å². The smallest absolute Gasteiger partial charge is 0.330 e. The standard InChI is InChI=1S/C31H47NO5/c1-22-16-18-35-25(19-22)12-7-13-26-20-28-30(37-28)27(33)14-8-17-31(2,3)21-24-11-5-9-23(32(24)4)10-6-15-29(34)36-26/h5-7,9,12,15-16,23-28,30,33H,8,10-11,13-14,17-21H2,1-4H3/t23-,24-,25+,26+,27-,28-,30-/m0/s1. The van der Waals surface area contributed by atoms with Crippen molar-refractivity contribution < 1.29 is 24.1 Å². The van der Waals surface area contributed by atoms with Gasteiger partial charge in [-0.2, -0.15) is 0 Å². The van der Waals surface area contributed by atoms with Gasteiger partial charge in [-0.1, -0.05) is 62.3 Å². The van der Waals surface area contributed by atoms with Gasteiger partial charge in [0.2, 0.25) is 0 Å². The molecule has 7 atom stereocenters. The van der Waals surface area contributed by atoms with E-state index in [0.717, 1.165) is 44.9 Å². The maximum Gasteiger partial charge on any atom is 0.330 e. The van der Waals surface area contributed by atoms with E-state index in [1.165, 1.54) is 5.57 Å². The number of aliphatic hydroxyl groups is 1. The molecule has 6 heteroatoms. The van der Waals surface area contributed by atoms with Crippen LogP contribution in [0.3, 0.4) is 0 Å². The van der Waals surface area contributed by atoms with Gasteiger partial charge in [0.15, 0.2) is 0 Å². The van der Waals surface area contributed by atoms with Crippen molar-refractivity contribution in [2.45, 2.75) is 121 Å². The Labute approximate surface area is 223 Å². The summed E-state index contributed by atoms with van der Waals surface area (Å²) in [5, 5.41) is 10.8. The Balaban J connectivity index is 1.42. The fraction of sp³-hybridized carbons (Fsp3) is 0.710. The van der Waals surface area contributed by atoms with Crippen molar-refractivity contribution in [1.82, 2.24) is 4.90 Å². The van der Waals surface area contributed by atoms with Crippen LogP contribution in [0.4, 0.5) is 0 Å². The summed E-state index contributed by atoms with van der Waals surface area (Å²) in [4.78, 5) is 15.2. The average molecular weight is 514 g/mol. The van der Waals surface area contributed by atoms with Crippen molar-refractivity contribution in [1.29, 1.82) is 0 Å². The Morgan fingerprint density at radius 3 is 2.89 bits per heavy atom. The number of carbonyl (C=O) groups is 1. The van der Waals surface area contributed by atoms with E-state index in [2.05, 4.69) is 63.1 Å². The van der Waals surface area contributed by atoms with Gasteiger partial charge in [0.1, 0.15) is 12.2 Å². The number of cyclic esters (lactones) is 1. The van der Waals surface area contributed by atoms with Crippen molar-refractivity contribution in [3.05, 3.63) is 48.1 Å². The number of epoxide rings is 1. The molecule has 4 rings (SSSR count). The highest BCUT2D eigenvalue weighted by Gasteiger charge is 2.45. The summed E-state index contributed by atoms with van der Waals surface area (Å²) >= 11 is 0. The maximum atomic E-state index is 12.7. The van der Waals surface area contributed by atoms with Gasteiger partial charge in [0, 0.05) is 31.0 Å². The molecule has 0 aliphatic carbocycles. The summed E-state index contributed by atoms with van der Waals surface area (Å²) < 4.78 is 17.5. The Hall–Kier alpha value is -1.73. The number of esters is 1. The first-order chi connectivity index (χ1) is 17.7. The first kappa shape index (κ1) is 28.3. The second kappa shape index (κ2) is 12.9. The Morgan fingerprint density at radius 2 is 2.08 bits per heavy atom. The van der Waals surface area contributed by atoms with E-state index in [9.17, 15) is 9.90 Å². The molecular weight excluding hydrogens is 466 g/mol. The van der Waals surface area contributed by atoms with E-state index < -0.39 is 6.10 Å². The highest BCUT2D eigenvalue weighted by molar-refractivity contribution is 5.82. The number of carbonyl (C=O) groups excluding carboxylic acids is 1. The van der Waals surface area contributed by atoms with Gasteiger partial charge in [-0.25, -0.2) is 4.79 Å². The minimum absolute atomic E-state index is 0.0636. The maximum absolute atomic E-state index is 12.7. The van der Waals surface area contributed by atoms with Crippen molar-refractivity contribution in [3.63, 3.8) is 0 Å². The molecular formula is C31H47NO5. The van der Waals surface area contributed by atoms with Crippen molar-refractivity contribution in [2.24, 2.45) is 5.41 Å². The first-order valence-electron chi connectivity index (χ1n) is 14.2. The molecule has 0 aromatic carbocycles. The summed E-state index contributed by atoms with van der Waals surface area (Å²) in [6.07, 6.45) is 21.3. The van der Waals surface area contributed by atoms with E-state index in [0.29, 0.717) is 25.5 Å². The molecule has 0 amide bonds. The number of hydrogen-bond donors (Lipinski definition) is 1. The van der Waals surface area contributed by atoms with Crippen LogP contribution in [0.25, 0.3) is 0 Å². The summed E-state index contributed by atoms with van der Waals surface area (Å²) in [5.41, 5.74) is 1.54. The lowest BCUT2D eigenvalue weighted by Gasteiger charge is -2.40. The number of aliphatic hydroxyl groups excluding tert-OH is 1. The molecule has 1 saturated heterocycles. The third-order valence-electron chi connectivity index (χ3n) is 8.43. The second-order valence-corrected chi connectivity index (χ2v) is 12.2. The van der Waals surface area contributed by atoms with E-state index in [1.807, 2.05) is 6.08 Å². The zero-order valence-corrected chi connectivity index (χ0v) is 23.2. The molecule has 0 aromatic heterocycles. The number of ether oxygens (including phenoxy) is 3. The summed E-state index contributed by atoms with van der Waals surface area (Å²) in [7, 11) is 2.20. The van der Waals surface area contributed by atoms with Crippen LogP contribution in [0.15, 0.2) is 48.1 Å². The molecule has 1 fully saturated rings. The first-order valence-corrected chi connectivity index (χ1v) is 14.2. The quantitative estimate of drug-likeness (QED) is 0.315. The molecule has 0 radical (unpaired) electrons. The summed E-state index contributed by atoms with van der Waals surface area (Å²) in [5.74, 6) is -0.315. The van der Waals surface area contributed by atoms with Crippen LogP contribution in [0.1, 0.15) is 78.6 Å². The monoisotopic (exact) mass is 513 g/mol. The SMILES string of the molecule is CC1=CCO[C@H](C=CC[C@@H]2C[C@@H]3O[C@H]3[C@@H](O)CCCC(C)(C)C[C@@H]3CC=C[C@@H](CC=CC(=O)O2)N3C)C1. The third-order valence-corrected chi connectivity index (χ3v) is 8.43. The third kappa shape index (κ3) is 8.64. The molecule has 37 heavy (non-hydrogen) atoms. The number of fused-ring (bicyclic) bond motifs is 3. The number of nitrogens with zero attached hydrogens (tertiary/aromatic N) is 1. The lowest BCUT2D eigenvalue weighted by molar-refractivity contribution is -0.143. The van der Waals surface area contributed by atoms with Gasteiger partial charge in [-0.3, -0.25) is 4.90 Å². The summed E-state index contributed by atoms with van der Waals surface area (Å²) in [6.45, 7) is 7.46. The number of hydrogen-bond acceptors (Lipinski definition) is 6. The van der Waals surface area contributed by atoms with Crippen LogP contribution in [-0.2, 0) is 19.0 Å². The molecule has 0 unspecified atom stereocenters. The fourth-order valence-corrected chi connectivity index (χ4v) is 6.05. The fourth-order valence-electron chi connectivity index (χ4n) is 6.05. The van der Waals surface area contributed by atoms with Crippen molar-refractivity contribution in [3.8, 4) is 0 Å². The highest BCUT2D eigenvalue weighted by atomic mass is 16.6. The molecule has 4 aliphatic rings. The molecule has 206 valence electrons. The predicted molar refractivity (Wildman–Crippen MR) is 146 cm³/mol. The minimum atomic E-state index is -0.471. The van der Waals surface area contributed by atoms with Crippen molar-refractivity contribution >= 4 is 5.97 Å². The molecule has 6 nitrogen and oxygen atoms in total. The molecule has 4 heterocycles. The van der Waals surface area contributed by atoms with Gasteiger partial charge < -0.3 is 19.3 Å². The molecule has 1 N–H and O–H groups in total. The number of rotatable bonds is 3. The predicted octanol–water partition coefficient (Wildman–Crippen LogP) is 5.27. The molecule has 0 spiro atoms. The van der Waals surface area contributed by atoms with Crippen molar-refractivity contribution in [2.75, 3.05) is 13.7 Å². The van der Waals surface area contributed by atoms with E-state index in [4.69, 9.17) is 14.2 Å². The van der Waals surface area contributed by atoms with Crippen LogP contribution < -0.4 is 0 Å². The lowest BCUT2D eigenvalue weighted by Crippen LogP contribution is -2.43. The average Bonchev–Trinajstić information content (AvgIpc) is 3.60. The van der Waals surface area contributed by atoms with Crippen LogP contribution >= 0.6 is 0 Å². The van der Waals surface area contributed by atoms with Crippen LogP contribution in [0, 0.1) is 5.41 Å². The van der Waals surface area contributed by atoms with Crippen LogP contribution in [0.5, 0.6) is 0 Å². The zero-order chi connectivity index (χ0) is 26.4. The van der Waals surface area contributed by atoms with Gasteiger partial charge in [-0.15, -0.1) is 0 Å². The minimum Gasteiger partial charge on any atom is -0.459 e. The Bertz CT molecular complexity index is 890. The van der Waals surface area contributed by atoms with Gasteiger partial charge in [0.05, 0.1) is 24.9 Å². The van der Waals surface area contributed by atoms with E-state index in [-0.39, 0.29) is 41.8 Å². The highest BCUT2D eigenvalue weighted by Crippen LogP contribution is 2.37. The topological polar surface area (TPSA) is 71.5 Å². The lowest BCUT2D eigenvalue weighted by atomic mass is 9.78. The van der Waals surface area contributed by atoms with Gasteiger partial charge >= 0.3 is 5.97 Å². The normalized spacial score (nSPS) is 37.8. The van der Waals surface area contributed by atoms with Gasteiger partial charge in [-0.05, 0) is 57.9 Å². The molecule has 4 aliphatic heterocycles. The van der Waals surface area contributed by atoms with Crippen LogP contribution in [0.2, 0.25) is 0 Å². The number of likely N-dealkylation sites (N-methyl/N-ethyl adjacent to an activating group) is 1. The van der Waals surface area contributed by atoms with Crippen LogP contribution in [-0.4, -0.2) is 72.2 Å². The molecule has 0 aromatic rings. The van der Waals surface area contributed by atoms with E-state index >= 15 is 0 Å². The Kier molecular flexibility index (Phi) is 9.84. The zero-order valence-electron chi connectivity index (χ0n) is 23.2.